The largest absolute Gasteiger partial charge is 0.461 e. The highest BCUT2D eigenvalue weighted by molar-refractivity contribution is 5.86. The van der Waals surface area contributed by atoms with Gasteiger partial charge in [0, 0.05) is 6.42 Å². The van der Waals surface area contributed by atoms with Crippen molar-refractivity contribution in [2.45, 2.75) is 24.9 Å². The molecule has 0 aliphatic carbocycles. The molecule has 0 N–H and O–H groups in total. The summed E-state index contributed by atoms with van der Waals surface area (Å²) in [5.74, 6) is -7.37. The van der Waals surface area contributed by atoms with E-state index in [0.29, 0.717) is 5.56 Å². The molecular formula is C11H9F5O. The predicted molar refractivity (Wildman–Crippen MR) is 50.8 cm³/mol. The summed E-state index contributed by atoms with van der Waals surface area (Å²) < 4.78 is 60.6. The van der Waals surface area contributed by atoms with E-state index in [-0.39, 0.29) is 6.42 Å². The van der Waals surface area contributed by atoms with Crippen LogP contribution < -0.4 is 0 Å². The van der Waals surface area contributed by atoms with Gasteiger partial charge in [-0.3, -0.25) is 4.79 Å². The minimum absolute atomic E-state index is 0.134. The quantitative estimate of drug-likeness (QED) is 0.751. The second kappa shape index (κ2) is 4.81. The van der Waals surface area contributed by atoms with Crippen molar-refractivity contribution in [1.29, 1.82) is 0 Å². The minimum atomic E-state index is -5.82. The Hall–Kier alpha value is -1.46. The minimum Gasteiger partial charge on any atom is -0.293 e. The standard InChI is InChI=1S/C11H9F5O/c12-10(13,11(14,15)16)9(17)7-6-8-4-2-1-3-5-8/h1-5H,6-7H2. The molecule has 0 radical (unpaired) electrons. The van der Waals surface area contributed by atoms with Crippen LogP contribution in [0.5, 0.6) is 0 Å². The number of rotatable bonds is 4. The highest BCUT2D eigenvalue weighted by atomic mass is 19.4. The summed E-state index contributed by atoms with van der Waals surface area (Å²) in [6, 6.07) is 8.01. The molecule has 17 heavy (non-hydrogen) atoms. The second-order valence-electron chi connectivity index (χ2n) is 3.48. The average Bonchev–Trinajstić information content (AvgIpc) is 2.25. The zero-order valence-electron chi connectivity index (χ0n) is 8.60. The molecule has 0 bridgehead atoms. The molecule has 0 aliphatic heterocycles. The molecule has 0 atom stereocenters. The molecule has 0 unspecified atom stereocenters. The first-order valence-corrected chi connectivity index (χ1v) is 4.77. The monoisotopic (exact) mass is 252 g/mol. The molecule has 1 rings (SSSR count). The number of alkyl halides is 5. The summed E-state index contributed by atoms with van der Waals surface area (Å²) in [5, 5.41) is 0. The summed E-state index contributed by atoms with van der Waals surface area (Å²) >= 11 is 0. The van der Waals surface area contributed by atoms with Gasteiger partial charge in [-0.25, -0.2) is 0 Å². The lowest BCUT2D eigenvalue weighted by Gasteiger charge is -2.17. The number of aryl methyl sites for hydroxylation is 1. The van der Waals surface area contributed by atoms with E-state index in [4.69, 9.17) is 0 Å². The van der Waals surface area contributed by atoms with Gasteiger partial charge < -0.3 is 0 Å². The van der Waals surface area contributed by atoms with Crippen LogP contribution in [-0.2, 0) is 11.2 Å². The van der Waals surface area contributed by atoms with Gasteiger partial charge in [0.2, 0.25) is 5.78 Å². The molecular weight excluding hydrogens is 243 g/mol. The van der Waals surface area contributed by atoms with Gasteiger partial charge in [-0.2, -0.15) is 22.0 Å². The lowest BCUT2D eigenvalue weighted by Crippen LogP contribution is -2.44. The third-order valence-electron chi connectivity index (χ3n) is 2.19. The van der Waals surface area contributed by atoms with Crippen LogP contribution in [0.2, 0.25) is 0 Å². The summed E-state index contributed by atoms with van der Waals surface area (Å²) in [7, 11) is 0. The highest BCUT2D eigenvalue weighted by Crippen LogP contribution is 2.37. The molecule has 0 aromatic heterocycles. The molecule has 0 heterocycles. The zero-order valence-corrected chi connectivity index (χ0v) is 8.60. The molecule has 1 aromatic carbocycles. The Morgan fingerprint density at radius 3 is 2.00 bits per heavy atom. The van der Waals surface area contributed by atoms with Crippen LogP contribution in [0, 0.1) is 0 Å². The first-order valence-electron chi connectivity index (χ1n) is 4.77. The Morgan fingerprint density at radius 2 is 1.53 bits per heavy atom. The van der Waals surface area contributed by atoms with Crippen LogP contribution in [0.1, 0.15) is 12.0 Å². The first-order chi connectivity index (χ1) is 7.75. The molecule has 0 spiro atoms. The van der Waals surface area contributed by atoms with Crippen LogP contribution in [0.15, 0.2) is 30.3 Å². The molecule has 94 valence electrons. The van der Waals surface area contributed by atoms with Gasteiger partial charge in [-0.1, -0.05) is 30.3 Å². The van der Waals surface area contributed by atoms with Crippen LogP contribution in [0.3, 0.4) is 0 Å². The third kappa shape index (κ3) is 3.25. The topological polar surface area (TPSA) is 17.1 Å². The Balaban J connectivity index is 2.62. The van der Waals surface area contributed by atoms with E-state index in [1.807, 2.05) is 0 Å². The summed E-state index contributed by atoms with van der Waals surface area (Å²) in [6.07, 6.45) is -6.79. The maximum Gasteiger partial charge on any atom is 0.461 e. The number of ketones is 1. The van der Waals surface area contributed by atoms with E-state index >= 15 is 0 Å². The van der Waals surface area contributed by atoms with Crippen molar-refractivity contribution in [2.24, 2.45) is 0 Å². The number of hydrogen-bond acceptors (Lipinski definition) is 1. The molecule has 0 aliphatic rings. The van der Waals surface area contributed by atoms with E-state index in [0.717, 1.165) is 0 Å². The Labute approximate surface area is 94.2 Å². The number of carbonyl (C=O) groups excluding carboxylic acids is 1. The SMILES string of the molecule is O=C(CCc1ccccc1)C(F)(F)C(F)(F)F. The van der Waals surface area contributed by atoms with Gasteiger partial charge in [0.1, 0.15) is 0 Å². The highest BCUT2D eigenvalue weighted by Gasteiger charge is 2.62. The van der Waals surface area contributed by atoms with E-state index in [1.54, 1.807) is 30.3 Å². The number of hydrogen-bond donors (Lipinski definition) is 0. The molecule has 1 nitrogen and oxygen atoms in total. The molecule has 0 saturated carbocycles. The number of benzene rings is 1. The summed E-state index contributed by atoms with van der Waals surface area (Å²) in [6.45, 7) is 0. The van der Waals surface area contributed by atoms with Gasteiger partial charge in [-0.15, -0.1) is 0 Å². The van der Waals surface area contributed by atoms with Gasteiger partial charge in [0.15, 0.2) is 0 Å². The lowest BCUT2D eigenvalue weighted by molar-refractivity contribution is -0.268. The molecule has 6 heteroatoms. The zero-order chi connectivity index (χ0) is 13.1. The normalized spacial score (nSPS) is 12.5. The fraction of sp³-hybridized carbons (Fsp3) is 0.364. The van der Waals surface area contributed by atoms with Gasteiger partial charge in [0.05, 0.1) is 0 Å². The van der Waals surface area contributed by atoms with Crippen molar-refractivity contribution < 1.29 is 26.7 Å². The molecule has 0 amide bonds. The van der Waals surface area contributed by atoms with Crippen molar-refractivity contribution in [3.05, 3.63) is 35.9 Å². The lowest BCUT2D eigenvalue weighted by atomic mass is 10.0. The van der Waals surface area contributed by atoms with Crippen molar-refractivity contribution in [3.8, 4) is 0 Å². The van der Waals surface area contributed by atoms with Crippen molar-refractivity contribution >= 4 is 5.78 Å². The van der Waals surface area contributed by atoms with E-state index in [1.165, 1.54) is 0 Å². The fourth-order valence-corrected chi connectivity index (χ4v) is 1.22. The molecule has 1 aromatic rings. The first kappa shape index (κ1) is 13.6. The Kier molecular flexibility index (Phi) is 3.85. The maximum atomic E-state index is 12.6. The number of Topliss-reactive ketones (excluding diaryl/α,β-unsaturated/α-hetero) is 1. The predicted octanol–water partition coefficient (Wildman–Crippen LogP) is 3.39. The van der Waals surface area contributed by atoms with E-state index < -0.39 is 24.3 Å². The van der Waals surface area contributed by atoms with Crippen molar-refractivity contribution in [3.63, 3.8) is 0 Å². The summed E-state index contributed by atoms with van der Waals surface area (Å²) in [5.41, 5.74) is 0.541. The van der Waals surface area contributed by atoms with Crippen LogP contribution in [-0.4, -0.2) is 17.9 Å². The Bertz CT molecular complexity index is 383. The summed E-state index contributed by atoms with van der Waals surface area (Å²) in [4.78, 5) is 10.8. The van der Waals surface area contributed by atoms with E-state index in [9.17, 15) is 26.7 Å². The maximum absolute atomic E-state index is 12.6. The van der Waals surface area contributed by atoms with Crippen LogP contribution in [0.4, 0.5) is 22.0 Å². The second-order valence-corrected chi connectivity index (χ2v) is 3.48. The van der Waals surface area contributed by atoms with Crippen LogP contribution >= 0.6 is 0 Å². The third-order valence-corrected chi connectivity index (χ3v) is 2.19. The Morgan fingerprint density at radius 1 is 1.00 bits per heavy atom. The van der Waals surface area contributed by atoms with Crippen LogP contribution in [0.25, 0.3) is 0 Å². The number of carbonyl (C=O) groups is 1. The smallest absolute Gasteiger partial charge is 0.293 e. The van der Waals surface area contributed by atoms with E-state index in [2.05, 4.69) is 0 Å². The van der Waals surface area contributed by atoms with Crippen molar-refractivity contribution in [1.82, 2.24) is 0 Å². The van der Waals surface area contributed by atoms with Gasteiger partial charge >= 0.3 is 12.1 Å². The molecule has 0 fully saturated rings. The van der Waals surface area contributed by atoms with Gasteiger partial charge in [0.25, 0.3) is 0 Å². The van der Waals surface area contributed by atoms with Gasteiger partial charge in [-0.05, 0) is 12.0 Å². The number of halogens is 5. The van der Waals surface area contributed by atoms with Crippen molar-refractivity contribution in [2.75, 3.05) is 0 Å². The fourth-order valence-electron chi connectivity index (χ4n) is 1.22. The molecule has 0 saturated heterocycles. The average molecular weight is 252 g/mol.